The zero-order valence-electron chi connectivity index (χ0n) is 29.2. The molecule has 3 aliphatic rings. The molecule has 1 unspecified atom stereocenters. The molecule has 2 N–H and O–H groups in total. The van der Waals surface area contributed by atoms with Crippen LogP contribution in [0.15, 0.2) is 97.3 Å². The maximum absolute atomic E-state index is 13.2. The summed E-state index contributed by atoms with van der Waals surface area (Å²) in [5, 5.41) is 13.5. The molecule has 0 bridgehead atoms. The van der Waals surface area contributed by atoms with Crippen molar-refractivity contribution < 1.29 is 28.7 Å². The first kappa shape index (κ1) is 33.8. The quantitative estimate of drug-likeness (QED) is 0.179. The Morgan fingerprint density at radius 2 is 1.58 bits per heavy atom. The van der Waals surface area contributed by atoms with Gasteiger partial charge in [-0.15, -0.1) is 5.10 Å². The van der Waals surface area contributed by atoms with Gasteiger partial charge in [0, 0.05) is 36.4 Å². The Hall–Kier alpha value is -6.37. The van der Waals surface area contributed by atoms with Crippen molar-refractivity contribution in [2.45, 2.75) is 69.7 Å². The Morgan fingerprint density at radius 1 is 0.868 bits per heavy atom. The van der Waals surface area contributed by atoms with E-state index in [0.717, 1.165) is 51.7 Å². The zero-order chi connectivity index (χ0) is 36.7. The molecule has 2 aromatic heterocycles. The number of aromatic nitrogens is 4. The Labute approximate surface area is 305 Å². The lowest BCUT2D eigenvalue weighted by Gasteiger charge is -2.36. The van der Waals surface area contributed by atoms with Gasteiger partial charge in [-0.2, -0.15) is 0 Å². The highest BCUT2D eigenvalue weighted by Gasteiger charge is 2.45. The van der Waals surface area contributed by atoms with E-state index in [-0.39, 0.29) is 41.5 Å². The van der Waals surface area contributed by atoms with Gasteiger partial charge in [-0.1, -0.05) is 49.4 Å². The Morgan fingerprint density at radius 3 is 2.28 bits per heavy atom. The van der Waals surface area contributed by atoms with Crippen LogP contribution in [0.1, 0.15) is 77.1 Å². The number of ether oxygens (including phenoxy) is 2. The summed E-state index contributed by atoms with van der Waals surface area (Å²) in [6.07, 6.45) is 5.15. The van der Waals surface area contributed by atoms with Gasteiger partial charge in [0.2, 0.25) is 11.8 Å². The van der Waals surface area contributed by atoms with E-state index in [1.807, 2.05) is 42.5 Å². The molecule has 53 heavy (non-hydrogen) atoms. The van der Waals surface area contributed by atoms with Crippen molar-refractivity contribution >= 4 is 29.3 Å². The van der Waals surface area contributed by atoms with E-state index in [0.29, 0.717) is 12.4 Å². The molecule has 4 heterocycles. The summed E-state index contributed by atoms with van der Waals surface area (Å²) < 4.78 is 13.9. The molecule has 8 rings (SSSR count). The number of fused-ring (bicyclic) bond motifs is 1. The number of nitrogens with one attached hydrogen (secondary N) is 2. The molecular weight excluding hydrogens is 674 g/mol. The van der Waals surface area contributed by atoms with Gasteiger partial charge in [-0.3, -0.25) is 29.4 Å². The zero-order valence-corrected chi connectivity index (χ0v) is 29.2. The first-order valence-corrected chi connectivity index (χ1v) is 17.6. The van der Waals surface area contributed by atoms with Crippen LogP contribution in [0.5, 0.6) is 11.5 Å². The van der Waals surface area contributed by atoms with E-state index in [4.69, 9.17) is 9.47 Å². The molecule has 1 saturated heterocycles. The van der Waals surface area contributed by atoms with Crippen LogP contribution in [-0.4, -0.2) is 66.7 Å². The summed E-state index contributed by atoms with van der Waals surface area (Å²) in [6, 6.07) is 26.2. The molecule has 0 spiro atoms. The van der Waals surface area contributed by atoms with Crippen LogP contribution in [0.4, 0.5) is 5.69 Å². The van der Waals surface area contributed by atoms with Crippen molar-refractivity contribution in [1.29, 1.82) is 0 Å². The molecule has 2 fully saturated rings. The molecule has 3 aromatic carbocycles. The number of imide groups is 2. The fraction of sp³-hybridized carbons (Fsp3) is 0.275. The molecule has 268 valence electrons. The van der Waals surface area contributed by atoms with Gasteiger partial charge in [0.25, 0.3) is 11.8 Å². The van der Waals surface area contributed by atoms with Crippen LogP contribution in [0.3, 0.4) is 0 Å². The second-order valence-electron chi connectivity index (χ2n) is 14.1. The first-order chi connectivity index (χ1) is 25.6. The maximum Gasteiger partial charge on any atom is 0.262 e. The highest BCUT2D eigenvalue weighted by atomic mass is 16.5. The first-order valence-electron chi connectivity index (χ1n) is 17.6. The summed E-state index contributed by atoms with van der Waals surface area (Å²) in [6.45, 7) is 4.71. The van der Waals surface area contributed by atoms with Crippen LogP contribution in [0.25, 0.3) is 5.82 Å². The minimum Gasteiger partial charge on any atom is -0.490 e. The van der Waals surface area contributed by atoms with E-state index in [1.54, 1.807) is 35.3 Å². The number of carbonyl (C=O) groups excluding carboxylic acids is 4. The molecule has 1 aliphatic carbocycles. The number of amides is 4. The maximum atomic E-state index is 13.2. The highest BCUT2D eigenvalue weighted by Crippen LogP contribution is 2.36. The smallest absolute Gasteiger partial charge is 0.262 e. The second kappa shape index (κ2) is 13.6. The molecule has 4 amide bonds. The van der Waals surface area contributed by atoms with Gasteiger partial charge < -0.3 is 14.8 Å². The summed E-state index contributed by atoms with van der Waals surface area (Å²) in [7, 11) is 0. The second-order valence-corrected chi connectivity index (χ2v) is 14.1. The Kier molecular flexibility index (Phi) is 8.69. The van der Waals surface area contributed by atoms with Crippen molar-refractivity contribution in [3.63, 3.8) is 0 Å². The molecule has 2 aliphatic heterocycles. The number of nitrogens with zero attached hydrogens (tertiary/aromatic N) is 5. The van der Waals surface area contributed by atoms with E-state index in [1.165, 1.54) is 0 Å². The number of carbonyl (C=O) groups is 4. The van der Waals surface area contributed by atoms with Crippen LogP contribution >= 0.6 is 0 Å². The lowest BCUT2D eigenvalue weighted by atomic mass is 9.78. The average Bonchev–Trinajstić information content (AvgIpc) is 3.77. The predicted molar refractivity (Wildman–Crippen MR) is 193 cm³/mol. The fourth-order valence-electron chi connectivity index (χ4n) is 7.02. The van der Waals surface area contributed by atoms with E-state index >= 15 is 0 Å². The lowest BCUT2D eigenvalue weighted by molar-refractivity contribution is -0.136. The number of rotatable bonds is 11. The highest BCUT2D eigenvalue weighted by molar-refractivity contribution is 6.23. The van der Waals surface area contributed by atoms with Crippen LogP contribution < -0.4 is 20.1 Å². The third kappa shape index (κ3) is 6.73. The standard InChI is InChI=1S/C40H37N7O6/c1-40(2,24-6-11-29(12-7-24)52-23-27-4-3-5-35(43-27)46-19-18-41-45-46)25-8-13-30(14-9-25)53-31-20-28(21-31)42-26-10-15-32-33(22-26)39(51)47(38(32)50)34-16-17-36(48)44-37(34)49/h3-15,18-19,22,28,31,34,42H,16-17,20-21,23H2,1-2H3,(H,44,48,49)/t28-,31-,34?. The summed E-state index contributed by atoms with van der Waals surface area (Å²) in [5.74, 6) is 0.174. The van der Waals surface area contributed by atoms with Crippen molar-refractivity contribution in [1.82, 2.24) is 30.2 Å². The SMILES string of the molecule is CC(C)(c1ccc(OCc2cccc(-n3ccnn3)n2)cc1)c1ccc(O[C@H]2C[C@H](Nc3ccc4c(c3)C(=O)N(C3CCC(=O)NC3=O)C4=O)C2)cc1. The van der Waals surface area contributed by atoms with Crippen LogP contribution in [0, 0.1) is 0 Å². The van der Waals surface area contributed by atoms with Gasteiger partial charge in [0.1, 0.15) is 30.3 Å². The van der Waals surface area contributed by atoms with Crippen molar-refractivity contribution in [3.05, 3.63) is 125 Å². The molecule has 0 radical (unpaired) electrons. The monoisotopic (exact) mass is 711 g/mol. The average molecular weight is 712 g/mol. The van der Waals surface area contributed by atoms with Gasteiger partial charge in [0.15, 0.2) is 5.82 Å². The Bertz CT molecular complexity index is 2200. The van der Waals surface area contributed by atoms with Crippen molar-refractivity contribution in [3.8, 4) is 17.3 Å². The van der Waals surface area contributed by atoms with Crippen molar-refractivity contribution in [2.24, 2.45) is 0 Å². The third-order valence-electron chi connectivity index (χ3n) is 10.2. The number of piperidine rings is 1. The summed E-state index contributed by atoms with van der Waals surface area (Å²) >= 11 is 0. The van der Waals surface area contributed by atoms with E-state index < -0.39 is 29.7 Å². The summed E-state index contributed by atoms with van der Waals surface area (Å²) in [5.41, 5.74) is 4.07. The van der Waals surface area contributed by atoms with Gasteiger partial charge in [-0.25, -0.2) is 9.67 Å². The minimum absolute atomic E-state index is 0.0415. The topological polar surface area (TPSA) is 158 Å². The normalized spacial score (nSPS) is 19.7. The third-order valence-corrected chi connectivity index (χ3v) is 10.2. The van der Waals surface area contributed by atoms with Crippen LogP contribution in [0.2, 0.25) is 0 Å². The molecular formula is C40H37N7O6. The fourth-order valence-corrected chi connectivity index (χ4v) is 7.02. The van der Waals surface area contributed by atoms with E-state index in [9.17, 15) is 19.2 Å². The molecule has 13 heteroatoms. The molecule has 1 saturated carbocycles. The van der Waals surface area contributed by atoms with E-state index in [2.05, 4.69) is 64.0 Å². The van der Waals surface area contributed by atoms with Gasteiger partial charge in [0.05, 0.1) is 29.2 Å². The predicted octanol–water partition coefficient (Wildman–Crippen LogP) is 4.99. The largest absolute Gasteiger partial charge is 0.490 e. The summed E-state index contributed by atoms with van der Waals surface area (Å²) in [4.78, 5) is 55.7. The number of hydrogen-bond donors (Lipinski definition) is 2. The van der Waals surface area contributed by atoms with Gasteiger partial charge >= 0.3 is 0 Å². The number of benzene rings is 3. The molecule has 13 nitrogen and oxygen atoms in total. The molecule has 1 atom stereocenters. The minimum atomic E-state index is -0.987. The number of hydrogen-bond acceptors (Lipinski definition) is 10. The van der Waals surface area contributed by atoms with Gasteiger partial charge in [-0.05, 0) is 72.1 Å². The molecule has 5 aromatic rings. The van der Waals surface area contributed by atoms with Crippen LogP contribution in [-0.2, 0) is 21.6 Å². The number of pyridine rings is 1. The lowest BCUT2D eigenvalue weighted by Crippen LogP contribution is -2.54. The van der Waals surface area contributed by atoms with Crippen molar-refractivity contribution in [2.75, 3.05) is 5.32 Å². The Balaban J connectivity index is 0.823. The number of anilines is 1.